The maximum Gasteiger partial charge on any atom is 0.119 e. The molecule has 0 aliphatic heterocycles. The average molecular weight is 223 g/mol. The number of methoxy groups -OCH3 is 1. The lowest BCUT2D eigenvalue weighted by molar-refractivity contribution is 0.146. The van der Waals surface area contributed by atoms with Gasteiger partial charge >= 0.3 is 0 Å². The summed E-state index contributed by atoms with van der Waals surface area (Å²) >= 11 is 0. The molecule has 2 N–H and O–H groups in total. The van der Waals surface area contributed by atoms with Crippen LogP contribution >= 0.6 is 0 Å². The quantitative estimate of drug-likeness (QED) is 0.719. The molecule has 1 rings (SSSR count). The van der Waals surface area contributed by atoms with E-state index in [4.69, 9.17) is 15.2 Å². The van der Waals surface area contributed by atoms with Crippen LogP contribution < -0.4 is 10.5 Å². The molecule has 16 heavy (non-hydrogen) atoms. The molecule has 0 bridgehead atoms. The van der Waals surface area contributed by atoms with E-state index >= 15 is 0 Å². The van der Waals surface area contributed by atoms with E-state index in [1.165, 1.54) is 5.56 Å². The van der Waals surface area contributed by atoms with Gasteiger partial charge in [0.2, 0.25) is 0 Å². The molecule has 0 fully saturated rings. The Hall–Kier alpha value is -1.06. The Balaban J connectivity index is 2.41. The normalized spacial score (nSPS) is 12.4. The molecule has 0 amide bonds. The van der Waals surface area contributed by atoms with Crippen molar-refractivity contribution in [1.29, 1.82) is 0 Å². The monoisotopic (exact) mass is 223 g/mol. The molecule has 3 nitrogen and oxygen atoms in total. The summed E-state index contributed by atoms with van der Waals surface area (Å²) in [7, 11) is 1.67. The van der Waals surface area contributed by atoms with Crippen molar-refractivity contribution in [1.82, 2.24) is 0 Å². The van der Waals surface area contributed by atoms with Crippen LogP contribution in [0.2, 0.25) is 0 Å². The van der Waals surface area contributed by atoms with Gasteiger partial charge in [-0.3, -0.25) is 0 Å². The fourth-order valence-electron chi connectivity index (χ4n) is 1.41. The van der Waals surface area contributed by atoms with Crippen molar-refractivity contribution in [2.75, 3.05) is 20.3 Å². The van der Waals surface area contributed by atoms with Crippen molar-refractivity contribution in [2.45, 2.75) is 25.8 Å². The highest BCUT2D eigenvalue weighted by Crippen LogP contribution is 2.13. The van der Waals surface area contributed by atoms with Crippen LogP contribution in [0.3, 0.4) is 0 Å². The Morgan fingerprint density at radius 1 is 1.19 bits per heavy atom. The molecule has 0 saturated carbocycles. The van der Waals surface area contributed by atoms with Gasteiger partial charge in [0.1, 0.15) is 12.4 Å². The summed E-state index contributed by atoms with van der Waals surface area (Å²) in [5.41, 5.74) is 7.15. The summed E-state index contributed by atoms with van der Waals surface area (Å²) in [5.74, 6) is 0.880. The minimum atomic E-state index is 0.250. The van der Waals surface area contributed by atoms with Crippen LogP contribution in [0.25, 0.3) is 0 Å². The summed E-state index contributed by atoms with van der Waals surface area (Å²) in [4.78, 5) is 0. The molecule has 1 aromatic rings. The van der Waals surface area contributed by atoms with Crippen molar-refractivity contribution >= 4 is 0 Å². The van der Waals surface area contributed by atoms with Crippen molar-refractivity contribution in [3.05, 3.63) is 29.8 Å². The van der Waals surface area contributed by atoms with Crippen molar-refractivity contribution in [2.24, 2.45) is 5.73 Å². The van der Waals surface area contributed by atoms with Gasteiger partial charge < -0.3 is 15.2 Å². The zero-order chi connectivity index (χ0) is 11.8. The number of benzene rings is 1. The maximum absolute atomic E-state index is 5.89. The molecule has 1 unspecified atom stereocenters. The SMILES string of the molecule is CCC(N)Cc1ccc(OCCOC)cc1. The molecule has 0 heterocycles. The summed E-state index contributed by atoms with van der Waals surface area (Å²) < 4.78 is 10.4. The van der Waals surface area contributed by atoms with Gasteiger partial charge in [0.15, 0.2) is 0 Å². The van der Waals surface area contributed by atoms with E-state index in [-0.39, 0.29) is 6.04 Å². The third-order valence-corrected chi connectivity index (χ3v) is 2.50. The molecule has 0 aromatic heterocycles. The topological polar surface area (TPSA) is 44.5 Å². The van der Waals surface area contributed by atoms with E-state index in [2.05, 4.69) is 19.1 Å². The molecule has 1 aromatic carbocycles. The highest BCUT2D eigenvalue weighted by atomic mass is 16.5. The fraction of sp³-hybridized carbons (Fsp3) is 0.538. The van der Waals surface area contributed by atoms with Crippen LogP contribution in [0, 0.1) is 0 Å². The van der Waals surface area contributed by atoms with Crippen LogP contribution in [0.1, 0.15) is 18.9 Å². The highest BCUT2D eigenvalue weighted by molar-refractivity contribution is 5.27. The second kappa shape index (κ2) is 7.25. The van der Waals surface area contributed by atoms with E-state index in [1.807, 2.05) is 12.1 Å². The van der Waals surface area contributed by atoms with Crippen molar-refractivity contribution < 1.29 is 9.47 Å². The van der Waals surface area contributed by atoms with Crippen molar-refractivity contribution in [3.63, 3.8) is 0 Å². The number of hydrogen-bond donors (Lipinski definition) is 1. The molecular weight excluding hydrogens is 202 g/mol. The molecule has 0 saturated heterocycles. The van der Waals surface area contributed by atoms with E-state index < -0.39 is 0 Å². The second-order valence-corrected chi connectivity index (χ2v) is 3.86. The zero-order valence-electron chi connectivity index (χ0n) is 10.1. The fourth-order valence-corrected chi connectivity index (χ4v) is 1.41. The number of hydrogen-bond acceptors (Lipinski definition) is 3. The van der Waals surface area contributed by atoms with Crippen LogP contribution in [0.5, 0.6) is 5.75 Å². The number of nitrogens with two attached hydrogens (primary N) is 1. The standard InChI is InChI=1S/C13H21NO2/c1-3-12(14)10-11-4-6-13(7-5-11)16-9-8-15-2/h4-7,12H,3,8-10,14H2,1-2H3. The van der Waals surface area contributed by atoms with Gasteiger partial charge in [0, 0.05) is 13.2 Å². The van der Waals surface area contributed by atoms with Gasteiger partial charge in [-0.05, 0) is 30.5 Å². The Bertz CT molecular complexity index is 284. The summed E-state index contributed by atoms with van der Waals surface area (Å²) in [6.07, 6.45) is 1.93. The molecule has 0 radical (unpaired) electrons. The van der Waals surface area contributed by atoms with Gasteiger partial charge in [0.25, 0.3) is 0 Å². The minimum Gasteiger partial charge on any atom is -0.491 e. The summed E-state index contributed by atoms with van der Waals surface area (Å²) in [6.45, 7) is 3.31. The predicted octanol–water partition coefficient (Wildman–Crippen LogP) is 1.99. The number of ether oxygens (including phenoxy) is 2. The summed E-state index contributed by atoms with van der Waals surface area (Å²) in [6, 6.07) is 8.34. The molecule has 0 aliphatic carbocycles. The lowest BCUT2D eigenvalue weighted by atomic mass is 10.0. The third-order valence-electron chi connectivity index (χ3n) is 2.50. The largest absolute Gasteiger partial charge is 0.491 e. The molecule has 0 spiro atoms. The predicted molar refractivity (Wildman–Crippen MR) is 65.8 cm³/mol. The maximum atomic E-state index is 5.89. The van der Waals surface area contributed by atoms with Gasteiger partial charge in [-0.25, -0.2) is 0 Å². The minimum absolute atomic E-state index is 0.250. The first-order valence-corrected chi connectivity index (χ1v) is 5.72. The molecule has 0 aliphatic rings. The molecular formula is C13H21NO2. The molecule has 3 heteroatoms. The molecule has 1 atom stereocenters. The third kappa shape index (κ3) is 4.64. The van der Waals surface area contributed by atoms with Gasteiger partial charge in [0.05, 0.1) is 6.61 Å². The Morgan fingerprint density at radius 2 is 1.88 bits per heavy atom. The first-order valence-electron chi connectivity index (χ1n) is 5.72. The Morgan fingerprint density at radius 3 is 2.44 bits per heavy atom. The first-order chi connectivity index (χ1) is 7.76. The van der Waals surface area contributed by atoms with E-state index in [0.717, 1.165) is 18.6 Å². The summed E-state index contributed by atoms with van der Waals surface area (Å²) in [5, 5.41) is 0. The van der Waals surface area contributed by atoms with Crippen molar-refractivity contribution in [3.8, 4) is 5.75 Å². The van der Waals surface area contributed by atoms with Crippen LogP contribution in [-0.4, -0.2) is 26.4 Å². The zero-order valence-corrected chi connectivity index (χ0v) is 10.1. The lowest BCUT2D eigenvalue weighted by Gasteiger charge is -2.10. The Kier molecular flexibility index (Phi) is 5.90. The second-order valence-electron chi connectivity index (χ2n) is 3.86. The van der Waals surface area contributed by atoms with Crippen LogP contribution in [-0.2, 0) is 11.2 Å². The van der Waals surface area contributed by atoms with Crippen LogP contribution in [0.4, 0.5) is 0 Å². The molecule has 90 valence electrons. The van der Waals surface area contributed by atoms with Crippen LogP contribution in [0.15, 0.2) is 24.3 Å². The van der Waals surface area contributed by atoms with Gasteiger partial charge in [-0.15, -0.1) is 0 Å². The number of rotatable bonds is 7. The van der Waals surface area contributed by atoms with Gasteiger partial charge in [-0.1, -0.05) is 19.1 Å². The van der Waals surface area contributed by atoms with Gasteiger partial charge in [-0.2, -0.15) is 0 Å². The van der Waals surface area contributed by atoms with E-state index in [0.29, 0.717) is 13.2 Å². The van der Waals surface area contributed by atoms with E-state index in [9.17, 15) is 0 Å². The smallest absolute Gasteiger partial charge is 0.119 e. The highest BCUT2D eigenvalue weighted by Gasteiger charge is 2.01. The average Bonchev–Trinajstić information content (AvgIpc) is 2.31. The Labute approximate surface area is 97.6 Å². The first kappa shape index (κ1) is 13.0. The lowest BCUT2D eigenvalue weighted by Crippen LogP contribution is -2.21. The van der Waals surface area contributed by atoms with E-state index in [1.54, 1.807) is 7.11 Å².